The number of hydrogen-bond donors (Lipinski definition) is 2. The Morgan fingerprint density at radius 1 is 1.33 bits per heavy atom. The molecule has 7 heteroatoms. The van der Waals surface area contributed by atoms with Crippen LogP contribution in [0.15, 0.2) is 10.6 Å². The number of piperidine rings is 1. The zero-order valence-corrected chi connectivity index (χ0v) is 12.5. The number of amides is 1. The van der Waals surface area contributed by atoms with Gasteiger partial charge in [0.25, 0.3) is 0 Å². The Kier molecular flexibility index (Phi) is 5.54. The summed E-state index contributed by atoms with van der Waals surface area (Å²) in [6.07, 6.45) is -0.735. The minimum absolute atomic E-state index is 0.0506. The predicted molar refractivity (Wildman–Crippen MR) is 74.9 cm³/mol. The van der Waals surface area contributed by atoms with Gasteiger partial charge in [-0.15, -0.1) is 0 Å². The second-order valence-electron chi connectivity index (χ2n) is 5.68. The van der Waals surface area contributed by atoms with Gasteiger partial charge in [0.1, 0.15) is 0 Å². The van der Waals surface area contributed by atoms with Gasteiger partial charge in [-0.25, -0.2) is 0 Å². The third kappa shape index (κ3) is 4.36. The highest BCUT2D eigenvalue weighted by molar-refractivity contribution is 6.30. The van der Waals surface area contributed by atoms with Gasteiger partial charge < -0.3 is 10.6 Å². The summed E-state index contributed by atoms with van der Waals surface area (Å²) in [6.45, 7) is 0.631. The summed E-state index contributed by atoms with van der Waals surface area (Å²) in [4.78, 5) is 12.1. The van der Waals surface area contributed by atoms with Gasteiger partial charge in [0, 0.05) is 18.1 Å². The molecule has 2 aliphatic rings. The Balaban J connectivity index is 1.95. The Hall–Kier alpha value is -0.750. The fourth-order valence-electron chi connectivity index (χ4n) is 2.97. The summed E-state index contributed by atoms with van der Waals surface area (Å²) < 4.78 is 38.9. The highest BCUT2D eigenvalue weighted by Gasteiger charge is 2.48. The molecule has 0 saturated carbocycles. The second kappa shape index (κ2) is 7.01. The van der Waals surface area contributed by atoms with Crippen molar-refractivity contribution in [1.82, 2.24) is 10.6 Å². The summed E-state index contributed by atoms with van der Waals surface area (Å²) in [6, 6.07) is 0. The van der Waals surface area contributed by atoms with E-state index in [1.54, 1.807) is 0 Å². The van der Waals surface area contributed by atoms with Gasteiger partial charge in [0.05, 0.1) is 11.8 Å². The molecule has 1 heterocycles. The maximum absolute atomic E-state index is 13.0. The molecule has 1 aliphatic carbocycles. The van der Waals surface area contributed by atoms with Crippen LogP contribution >= 0.6 is 11.6 Å². The van der Waals surface area contributed by atoms with E-state index < -0.39 is 23.9 Å². The monoisotopic (exact) mass is 324 g/mol. The molecule has 2 rings (SSSR count). The fraction of sp³-hybridized carbons (Fsp3) is 0.786. The van der Waals surface area contributed by atoms with Crippen LogP contribution in [-0.2, 0) is 4.79 Å². The Bertz CT molecular complexity index is 423. The first-order valence-electron chi connectivity index (χ1n) is 7.31. The average Bonchev–Trinajstić information content (AvgIpc) is 2.45. The third-order valence-electron chi connectivity index (χ3n) is 4.22. The van der Waals surface area contributed by atoms with Crippen LogP contribution in [0.2, 0.25) is 0 Å². The summed E-state index contributed by atoms with van der Waals surface area (Å²) in [7, 11) is 0. The van der Waals surface area contributed by atoms with E-state index in [1.807, 2.05) is 0 Å². The topological polar surface area (TPSA) is 41.1 Å². The van der Waals surface area contributed by atoms with E-state index >= 15 is 0 Å². The van der Waals surface area contributed by atoms with E-state index in [0.29, 0.717) is 6.54 Å². The number of hydrogen-bond acceptors (Lipinski definition) is 2. The number of halogens is 4. The van der Waals surface area contributed by atoms with Gasteiger partial charge in [-0.3, -0.25) is 4.79 Å². The summed E-state index contributed by atoms with van der Waals surface area (Å²) in [5, 5.41) is 6.24. The Labute approximate surface area is 127 Å². The molecule has 2 atom stereocenters. The first-order valence-corrected chi connectivity index (χ1v) is 7.69. The summed E-state index contributed by atoms with van der Waals surface area (Å²) >= 11 is 6.09. The van der Waals surface area contributed by atoms with Crippen molar-refractivity contribution in [2.75, 3.05) is 19.6 Å². The number of nitrogens with one attached hydrogen (secondary N) is 2. The largest absolute Gasteiger partial charge is 0.392 e. The van der Waals surface area contributed by atoms with Crippen LogP contribution < -0.4 is 10.6 Å². The van der Waals surface area contributed by atoms with E-state index in [2.05, 4.69) is 10.6 Å². The molecule has 1 saturated heterocycles. The number of rotatable bonds is 3. The van der Waals surface area contributed by atoms with Crippen LogP contribution in [0, 0.1) is 11.8 Å². The fourth-order valence-corrected chi connectivity index (χ4v) is 3.26. The van der Waals surface area contributed by atoms with Crippen LogP contribution in [0.4, 0.5) is 13.2 Å². The van der Waals surface area contributed by atoms with Gasteiger partial charge in [-0.1, -0.05) is 11.6 Å². The lowest BCUT2D eigenvalue weighted by molar-refractivity contribution is -0.196. The molecule has 120 valence electrons. The molecule has 1 amide bonds. The van der Waals surface area contributed by atoms with Crippen LogP contribution in [0.5, 0.6) is 0 Å². The average molecular weight is 325 g/mol. The molecule has 2 unspecified atom stereocenters. The van der Waals surface area contributed by atoms with E-state index in [0.717, 1.165) is 36.3 Å². The molecular formula is C14H20ClF3N2O. The van der Waals surface area contributed by atoms with Crippen molar-refractivity contribution in [2.45, 2.75) is 38.3 Å². The second-order valence-corrected chi connectivity index (χ2v) is 6.14. The number of carbonyl (C=O) groups is 1. The van der Waals surface area contributed by atoms with Gasteiger partial charge >= 0.3 is 6.18 Å². The van der Waals surface area contributed by atoms with Crippen LogP contribution in [0.1, 0.15) is 32.1 Å². The van der Waals surface area contributed by atoms with Gasteiger partial charge in [-0.05, 0) is 44.2 Å². The van der Waals surface area contributed by atoms with Crippen molar-refractivity contribution >= 4 is 17.5 Å². The molecule has 0 radical (unpaired) electrons. The lowest BCUT2D eigenvalue weighted by Gasteiger charge is -2.32. The highest BCUT2D eigenvalue weighted by Crippen LogP contribution is 2.36. The van der Waals surface area contributed by atoms with E-state index in [4.69, 9.17) is 11.6 Å². The van der Waals surface area contributed by atoms with Crippen molar-refractivity contribution < 1.29 is 18.0 Å². The molecular weight excluding hydrogens is 305 g/mol. The maximum atomic E-state index is 13.0. The van der Waals surface area contributed by atoms with Crippen LogP contribution in [-0.4, -0.2) is 31.7 Å². The standard InChI is InChI=1S/C14H20ClF3N2O/c15-12-4-2-1-3-9(12)7-20-13(21)10-8-19-6-5-11(10)14(16,17)18/h10-11,19H,1-8H2,(H,20,21). The van der Waals surface area contributed by atoms with Crippen molar-refractivity contribution in [3.05, 3.63) is 10.6 Å². The summed E-state index contributed by atoms with van der Waals surface area (Å²) in [5.74, 6) is -3.15. The van der Waals surface area contributed by atoms with Crippen molar-refractivity contribution in [1.29, 1.82) is 0 Å². The van der Waals surface area contributed by atoms with E-state index in [9.17, 15) is 18.0 Å². The van der Waals surface area contributed by atoms with Crippen LogP contribution in [0.3, 0.4) is 0 Å². The lowest BCUT2D eigenvalue weighted by Crippen LogP contribution is -2.50. The zero-order valence-electron chi connectivity index (χ0n) is 11.7. The summed E-state index contributed by atoms with van der Waals surface area (Å²) in [5.41, 5.74) is 0.948. The van der Waals surface area contributed by atoms with E-state index in [-0.39, 0.29) is 19.5 Å². The first-order chi connectivity index (χ1) is 9.89. The number of allylic oxidation sites excluding steroid dienone is 1. The molecule has 0 bridgehead atoms. The minimum Gasteiger partial charge on any atom is -0.352 e. The molecule has 0 aromatic rings. The molecule has 0 aromatic carbocycles. The SMILES string of the molecule is O=C(NCC1=C(Cl)CCCC1)C1CNCCC1C(F)(F)F. The van der Waals surface area contributed by atoms with Crippen molar-refractivity contribution in [2.24, 2.45) is 11.8 Å². The van der Waals surface area contributed by atoms with E-state index in [1.165, 1.54) is 0 Å². The Morgan fingerprint density at radius 3 is 2.71 bits per heavy atom. The lowest BCUT2D eigenvalue weighted by atomic mass is 9.85. The van der Waals surface area contributed by atoms with Crippen molar-refractivity contribution in [3.63, 3.8) is 0 Å². The van der Waals surface area contributed by atoms with Gasteiger partial charge in [0.2, 0.25) is 5.91 Å². The highest BCUT2D eigenvalue weighted by atomic mass is 35.5. The van der Waals surface area contributed by atoms with Crippen molar-refractivity contribution in [3.8, 4) is 0 Å². The molecule has 3 nitrogen and oxygen atoms in total. The third-order valence-corrected chi connectivity index (χ3v) is 4.68. The van der Waals surface area contributed by atoms with Gasteiger partial charge in [-0.2, -0.15) is 13.2 Å². The normalized spacial score (nSPS) is 27.6. The zero-order chi connectivity index (χ0) is 15.5. The quantitative estimate of drug-likeness (QED) is 0.838. The predicted octanol–water partition coefficient (Wildman–Crippen LogP) is 2.96. The minimum atomic E-state index is -4.33. The smallest absolute Gasteiger partial charge is 0.352 e. The number of carbonyl (C=O) groups excluding carboxylic acids is 1. The molecule has 0 aromatic heterocycles. The molecule has 0 spiro atoms. The number of alkyl halides is 3. The first kappa shape index (κ1) is 16.6. The molecule has 2 N–H and O–H groups in total. The van der Waals surface area contributed by atoms with Gasteiger partial charge in [0.15, 0.2) is 0 Å². The van der Waals surface area contributed by atoms with Crippen LogP contribution in [0.25, 0.3) is 0 Å². The molecule has 1 fully saturated rings. The maximum Gasteiger partial charge on any atom is 0.392 e. The molecule has 1 aliphatic heterocycles. The Morgan fingerprint density at radius 2 is 2.05 bits per heavy atom. The molecule has 21 heavy (non-hydrogen) atoms.